The molecule has 0 aromatic heterocycles. The summed E-state index contributed by atoms with van der Waals surface area (Å²) in [6.45, 7) is 4.14. The summed E-state index contributed by atoms with van der Waals surface area (Å²) in [5.74, 6) is 0. The Morgan fingerprint density at radius 1 is 1.07 bits per heavy atom. The molecule has 15 heavy (non-hydrogen) atoms. The van der Waals surface area contributed by atoms with Crippen molar-refractivity contribution in [3.8, 4) is 0 Å². The van der Waals surface area contributed by atoms with Crippen molar-refractivity contribution >= 4 is 11.6 Å². The first-order chi connectivity index (χ1) is 7.15. The van der Waals surface area contributed by atoms with Gasteiger partial charge in [-0.15, -0.1) is 0 Å². The molecule has 0 radical (unpaired) electrons. The highest BCUT2D eigenvalue weighted by molar-refractivity contribution is 6.30. The summed E-state index contributed by atoms with van der Waals surface area (Å²) in [6, 6.07) is 7.59. The van der Waals surface area contributed by atoms with Crippen LogP contribution in [0.5, 0.6) is 0 Å². The highest BCUT2D eigenvalue weighted by Crippen LogP contribution is 2.29. The third kappa shape index (κ3) is 2.71. The Kier molecular flexibility index (Phi) is 3.29. The zero-order valence-corrected chi connectivity index (χ0v) is 9.70. The van der Waals surface area contributed by atoms with E-state index in [4.69, 9.17) is 21.1 Å². The smallest absolute Gasteiger partial charge is 0.184 e. The molecule has 0 aliphatic carbocycles. The second-order valence-corrected chi connectivity index (χ2v) is 4.45. The lowest BCUT2D eigenvalue weighted by Crippen LogP contribution is -2.30. The number of rotatable bonds is 1. The first kappa shape index (κ1) is 10.9. The van der Waals surface area contributed by atoms with Crippen LogP contribution in [-0.4, -0.2) is 12.2 Å². The first-order valence-electron chi connectivity index (χ1n) is 5.21. The predicted octanol–water partition coefficient (Wildman–Crippen LogP) is 3.55. The Morgan fingerprint density at radius 3 is 2.13 bits per heavy atom. The van der Waals surface area contributed by atoms with Gasteiger partial charge in [-0.05, 0) is 32.4 Å². The third-order valence-corrected chi connectivity index (χ3v) is 2.77. The van der Waals surface area contributed by atoms with E-state index in [0.717, 1.165) is 17.0 Å². The van der Waals surface area contributed by atoms with E-state index in [2.05, 4.69) is 13.8 Å². The molecule has 1 aliphatic heterocycles. The van der Waals surface area contributed by atoms with Crippen LogP contribution in [0.4, 0.5) is 0 Å². The van der Waals surface area contributed by atoms with Gasteiger partial charge in [0.2, 0.25) is 0 Å². The highest BCUT2D eigenvalue weighted by atomic mass is 35.5. The molecule has 1 aromatic rings. The highest BCUT2D eigenvalue weighted by Gasteiger charge is 2.25. The number of halogens is 1. The Bertz CT molecular complexity index is 313. The molecular formula is C12H15ClO2. The molecule has 0 N–H and O–H groups in total. The summed E-state index contributed by atoms with van der Waals surface area (Å²) in [5, 5.41) is 0.732. The lowest BCUT2D eigenvalue weighted by molar-refractivity contribution is -0.239. The molecule has 1 fully saturated rings. The van der Waals surface area contributed by atoms with Gasteiger partial charge in [0.1, 0.15) is 0 Å². The van der Waals surface area contributed by atoms with Gasteiger partial charge in [0.15, 0.2) is 6.29 Å². The van der Waals surface area contributed by atoms with Crippen LogP contribution in [0.3, 0.4) is 0 Å². The Labute approximate surface area is 95.1 Å². The molecule has 0 amide bonds. The van der Waals surface area contributed by atoms with Crippen molar-refractivity contribution in [3.63, 3.8) is 0 Å². The second-order valence-electron chi connectivity index (χ2n) is 4.01. The molecule has 1 heterocycles. The maximum absolute atomic E-state index is 5.83. The van der Waals surface area contributed by atoms with Crippen LogP contribution in [0.25, 0.3) is 0 Å². The van der Waals surface area contributed by atoms with E-state index in [1.165, 1.54) is 0 Å². The van der Waals surface area contributed by atoms with Crippen molar-refractivity contribution in [2.75, 3.05) is 0 Å². The monoisotopic (exact) mass is 226 g/mol. The van der Waals surface area contributed by atoms with Gasteiger partial charge in [0.05, 0.1) is 12.2 Å². The van der Waals surface area contributed by atoms with E-state index in [1.54, 1.807) is 0 Å². The van der Waals surface area contributed by atoms with Gasteiger partial charge in [0.25, 0.3) is 0 Å². The van der Waals surface area contributed by atoms with Crippen LogP contribution in [0, 0.1) is 0 Å². The van der Waals surface area contributed by atoms with Gasteiger partial charge >= 0.3 is 0 Å². The number of benzene rings is 1. The topological polar surface area (TPSA) is 18.5 Å². The minimum absolute atomic E-state index is 0.245. The van der Waals surface area contributed by atoms with Crippen LogP contribution >= 0.6 is 11.6 Å². The maximum Gasteiger partial charge on any atom is 0.184 e. The fourth-order valence-electron chi connectivity index (χ4n) is 1.81. The lowest BCUT2D eigenvalue weighted by atomic mass is 10.1. The van der Waals surface area contributed by atoms with Gasteiger partial charge in [-0.2, -0.15) is 0 Å². The van der Waals surface area contributed by atoms with Gasteiger partial charge in [-0.25, -0.2) is 0 Å². The van der Waals surface area contributed by atoms with E-state index < -0.39 is 0 Å². The number of hydrogen-bond donors (Lipinski definition) is 0. The summed E-state index contributed by atoms with van der Waals surface area (Å²) in [5.41, 5.74) is 1.03. The zero-order valence-electron chi connectivity index (χ0n) is 8.94. The number of hydrogen-bond acceptors (Lipinski definition) is 2. The molecule has 0 saturated carbocycles. The summed E-state index contributed by atoms with van der Waals surface area (Å²) < 4.78 is 11.4. The maximum atomic E-state index is 5.83. The molecule has 2 nitrogen and oxygen atoms in total. The zero-order chi connectivity index (χ0) is 10.8. The normalized spacial score (nSPS) is 31.5. The largest absolute Gasteiger partial charge is 0.345 e. The van der Waals surface area contributed by atoms with Gasteiger partial charge < -0.3 is 9.47 Å². The molecule has 1 saturated heterocycles. The molecule has 1 aromatic carbocycles. The standard InChI is InChI=1S/C12H15ClO2/c1-8-7-9(2)15-12(14-8)10-3-5-11(13)6-4-10/h3-6,8-9,12H,7H2,1-2H3. The molecule has 2 rings (SSSR count). The lowest BCUT2D eigenvalue weighted by Gasteiger charge is -2.32. The van der Waals surface area contributed by atoms with Crippen molar-refractivity contribution in [1.29, 1.82) is 0 Å². The van der Waals surface area contributed by atoms with Crippen molar-refractivity contribution < 1.29 is 9.47 Å². The Balaban J connectivity index is 2.12. The Hall–Kier alpha value is -0.570. The molecule has 2 unspecified atom stereocenters. The SMILES string of the molecule is CC1CC(C)OC(c2ccc(Cl)cc2)O1. The average Bonchev–Trinajstić information content (AvgIpc) is 2.17. The van der Waals surface area contributed by atoms with Gasteiger partial charge in [0, 0.05) is 10.6 Å². The second kappa shape index (κ2) is 4.52. The van der Waals surface area contributed by atoms with Crippen molar-refractivity contribution in [3.05, 3.63) is 34.9 Å². The summed E-state index contributed by atoms with van der Waals surface area (Å²) in [4.78, 5) is 0. The number of ether oxygens (including phenoxy) is 2. The summed E-state index contributed by atoms with van der Waals surface area (Å²) in [6.07, 6.45) is 1.19. The van der Waals surface area contributed by atoms with E-state index in [9.17, 15) is 0 Å². The van der Waals surface area contributed by atoms with Crippen LogP contribution in [0.1, 0.15) is 32.1 Å². The summed E-state index contributed by atoms with van der Waals surface area (Å²) >= 11 is 5.83. The minimum atomic E-state index is -0.249. The molecule has 2 atom stereocenters. The third-order valence-electron chi connectivity index (χ3n) is 2.52. The molecule has 82 valence electrons. The van der Waals surface area contributed by atoms with Crippen molar-refractivity contribution in [1.82, 2.24) is 0 Å². The van der Waals surface area contributed by atoms with Crippen molar-refractivity contribution in [2.24, 2.45) is 0 Å². The van der Waals surface area contributed by atoms with Crippen LogP contribution < -0.4 is 0 Å². The predicted molar refractivity (Wildman–Crippen MR) is 59.9 cm³/mol. The summed E-state index contributed by atoms with van der Waals surface area (Å²) in [7, 11) is 0. The van der Waals surface area contributed by atoms with Gasteiger partial charge in [-0.3, -0.25) is 0 Å². The van der Waals surface area contributed by atoms with Gasteiger partial charge in [-0.1, -0.05) is 23.7 Å². The van der Waals surface area contributed by atoms with Crippen LogP contribution in [-0.2, 0) is 9.47 Å². The fourth-order valence-corrected chi connectivity index (χ4v) is 1.94. The average molecular weight is 227 g/mol. The Morgan fingerprint density at radius 2 is 1.60 bits per heavy atom. The van der Waals surface area contributed by atoms with Crippen LogP contribution in [0.2, 0.25) is 5.02 Å². The van der Waals surface area contributed by atoms with E-state index in [1.807, 2.05) is 24.3 Å². The quantitative estimate of drug-likeness (QED) is 0.729. The minimum Gasteiger partial charge on any atom is -0.345 e. The first-order valence-corrected chi connectivity index (χ1v) is 5.59. The van der Waals surface area contributed by atoms with E-state index in [-0.39, 0.29) is 18.5 Å². The van der Waals surface area contributed by atoms with Crippen molar-refractivity contribution in [2.45, 2.75) is 38.8 Å². The fraction of sp³-hybridized carbons (Fsp3) is 0.500. The molecular weight excluding hydrogens is 212 g/mol. The van der Waals surface area contributed by atoms with Crippen LogP contribution in [0.15, 0.2) is 24.3 Å². The molecule has 0 bridgehead atoms. The van der Waals surface area contributed by atoms with E-state index >= 15 is 0 Å². The molecule has 1 aliphatic rings. The molecule has 3 heteroatoms. The molecule has 0 spiro atoms. The van der Waals surface area contributed by atoms with E-state index in [0.29, 0.717) is 0 Å².